The number of hydrogen-bond acceptors (Lipinski definition) is 3. The maximum absolute atomic E-state index is 12.8. The van der Waals surface area contributed by atoms with Crippen molar-refractivity contribution < 1.29 is 13.9 Å². The normalized spacial score (nSPS) is 14.1. The summed E-state index contributed by atoms with van der Waals surface area (Å²) >= 11 is 0. The monoisotopic (exact) mass is 240 g/mol. The Morgan fingerprint density at radius 3 is 2.53 bits per heavy atom. The number of ether oxygens (including phenoxy) is 1. The van der Waals surface area contributed by atoms with Crippen molar-refractivity contribution in [3.8, 4) is 0 Å². The van der Waals surface area contributed by atoms with Gasteiger partial charge in [0.05, 0.1) is 18.7 Å². The molecule has 17 heavy (non-hydrogen) atoms. The molecule has 0 aliphatic heterocycles. The van der Waals surface area contributed by atoms with Crippen LogP contribution in [-0.4, -0.2) is 25.7 Å². The third-order valence-electron chi connectivity index (χ3n) is 2.34. The lowest BCUT2D eigenvalue weighted by molar-refractivity contribution is -0.123. The standard InChI is InChI=1S/C12H17FN2O2/c1-8(14)12(16)15-11(7-17-2)9-3-5-10(13)6-4-9/h3-6,8,11H,7,14H2,1-2H3,(H,15,16)/t8-,11?/m1/s1. The van der Waals surface area contributed by atoms with Crippen molar-refractivity contribution in [3.63, 3.8) is 0 Å². The fourth-order valence-corrected chi connectivity index (χ4v) is 1.39. The van der Waals surface area contributed by atoms with Gasteiger partial charge in [-0.2, -0.15) is 0 Å². The molecule has 4 nitrogen and oxygen atoms in total. The molecule has 0 heterocycles. The van der Waals surface area contributed by atoms with Crippen molar-refractivity contribution in [3.05, 3.63) is 35.6 Å². The summed E-state index contributed by atoms with van der Waals surface area (Å²) in [6.07, 6.45) is 0. The number of rotatable bonds is 5. The predicted molar refractivity (Wildman–Crippen MR) is 62.8 cm³/mol. The second-order valence-corrected chi connectivity index (χ2v) is 3.86. The number of halogens is 1. The number of carbonyl (C=O) groups excluding carboxylic acids is 1. The predicted octanol–water partition coefficient (Wildman–Crippen LogP) is 0.977. The first-order valence-electron chi connectivity index (χ1n) is 5.35. The maximum Gasteiger partial charge on any atom is 0.237 e. The summed E-state index contributed by atoms with van der Waals surface area (Å²) in [6.45, 7) is 1.91. The van der Waals surface area contributed by atoms with Gasteiger partial charge in [-0.25, -0.2) is 4.39 Å². The number of amides is 1. The molecule has 0 aromatic heterocycles. The van der Waals surface area contributed by atoms with Gasteiger partial charge in [0.15, 0.2) is 0 Å². The van der Waals surface area contributed by atoms with Gasteiger partial charge in [-0.05, 0) is 24.6 Å². The van der Waals surface area contributed by atoms with Crippen LogP contribution in [0.2, 0.25) is 0 Å². The number of nitrogens with one attached hydrogen (secondary N) is 1. The molecule has 0 aliphatic rings. The molecular weight excluding hydrogens is 223 g/mol. The third kappa shape index (κ3) is 4.13. The van der Waals surface area contributed by atoms with E-state index in [1.165, 1.54) is 19.2 Å². The zero-order valence-electron chi connectivity index (χ0n) is 9.94. The van der Waals surface area contributed by atoms with Gasteiger partial charge < -0.3 is 15.8 Å². The number of benzene rings is 1. The van der Waals surface area contributed by atoms with E-state index in [0.717, 1.165) is 5.56 Å². The Labute approximate surface area is 100.0 Å². The van der Waals surface area contributed by atoms with E-state index in [0.29, 0.717) is 6.61 Å². The molecule has 1 rings (SSSR count). The van der Waals surface area contributed by atoms with Crippen LogP contribution in [0.25, 0.3) is 0 Å². The molecule has 0 spiro atoms. The third-order valence-corrected chi connectivity index (χ3v) is 2.34. The van der Waals surface area contributed by atoms with Gasteiger partial charge in [-0.15, -0.1) is 0 Å². The molecule has 0 saturated carbocycles. The second kappa shape index (κ2) is 6.32. The summed E-state index contributed by atoms with van der Waals surface area (Å²) in [5, 5.41) is 2.74. The first-order chi connectivity index (χ1) is 8.04. The zero-order chi connectivity index (χ0) is 12.8. The first-order valence-corrected chi connectivity index (χ1v) is 5.35. The molecule has 94 valence electrons. The van der Waals surface area contributed by atoms with Crippen LogP contribution in [0.15, 0.2) is 24.3 Å². The molecule has 0 fully saturated rings. The molecule has 1 unspecified atom stereocenters. The van der Waals surface area contributed by atoms with Crippen LogP contribution < -0.4 is 11.1 Å². The topological polar surface area (TPSA) is 64.3 Å². The minimum atomic E-state index is -0.588. The van der Waals surface area contributed by atoms with Gasteiger partial charge in [0.1, 0.15) is 5.82 Å². The minimum absolute atomic E-state index is 0.267. The molecule has 5 heteroatoms. The average Bonchev–Trinajstić information content (AvgIpc) is 2.29. The minimum Gasteiger partial charge on any atom is -0.382 e. The summed E-state index contributed by atoms with van der Waals surface area (Å²) in [6, 6.07) is 5.00. The van der Waals surface area contributed by atoms with Crippen molar-refractivity contribution in [2.75, 3.05) is 13.7 Å². The smallest absolute Gasteiger partial charge is 0.237 e. The van der Waals surface area contributed by atoms with Crippen molar-refractivity contribution in [2.24, 2.45) is 5.73 Å². The van der Waals surface area contributed by atoms with Crippen LogP contribution in [-0.2, 0) is 9.53 Å². The van der Waals surface area contributed by atoms with E-state index in [1.54, 1.807) is 19.1 Å². The van der Waals surface area contributed by atoms with Gasteiger partial charge >= 0.3 is 0 Å². The zero-order valence-corrected chi connectivity index (χ0v) is 9.94. The van der Waals surface area contributed by atoms with E-state index in [1.807, 2.05) is 0 Å². The van der Waals surface area contributed by atoms with Crippen molar-refractivity contribution in [1.29, 1.82) is 0 Å². The molecule has 0 radical (unpaired) electrons. The first kappa shape index (κ1) is 13.6. The van der Waals surface area contributed by atoms with Crippen LogP contribution in [0.3, 0.4) is 0 Å². The number of methoxy groups -OCH3 is 1. The van der Waals surface area contributed by atoms with Crippen LogP contribution in [0.1, 0.15) is 18.5 Å². The van der Waals surface area contributed by atoms with Crippen LogP contribution in [0.4, 0.5) is 4.39 Å². The van der Waals surface area contributed by atoms with Gasteiger partial charge in [-0.3, -0.25) is 4.79 Å². The van der Waals surface area contributed by atoms with E-state index in [9.17, 15) is 9.18 Å². The fourth-order valence-electron chi connectivity index (χ4n) is 1.39. The van der Waals surface area contributed by atoms with E-state index >= 15 is 0 Å². The van der Waals surface area contributed by atoms with Crippen molar-refractivity contribution in [1.82, 2.24) is 5.32 Å². The fraction of sp³-hybridized carbons (Fsp3) is 0.417. The molecule has 0 saturated heterocycles. The summed E-state index contributed by atoms with van der Waals surface area (Å²) in [5.74, 6) is -0.584. The second-order valence-electron chi connectivity index (χ2n) is 3.86. The molecule has 3 N–H and O–H groups in total. The molecular formula is C12H17FN2O2. The quantitative estimate of drug-likeness (QED) is 0.806. The highest BCUT2D eigenvalue weighted by Crippen LogP contribution is 2.14. The Bertz CT molecular complexity index is 365. The van der Waals surface area contributed by atoms with E-state index in [4.69, 9.17) is 10.5 Å². The van der Waals surface area contributed by atoms with Crippen molar-refractivity contribution >= 4 is 5.91 Å². The number of hydrogen-bond donors (Lipinski definition) is 2. The summed E-state index contributed by atoms with van der Waals surface area (Å²) in [7, 11) is 1.54. The molecule has 1 aromatic carbocycles. The molecule has 1 amide bonds. The van der Waals surface area contributed by atoms with Crippen LogP contribution in [0.5, 0.6) is 0 Å². The summed E-state index contributed by atoms with van der Waals surface area (Å²) in [5.41, 5.74) is 6.25. The van der Waals surface area contributed by atoms with Gasteiger partial charge in [-0.1, -0.05) is 12.1 Å². The Balaban J connectivity index is 2.78. The lowest BCUT2D eigenvalue weighted by Crippen LogP contribution is -2.41. The van der Waals surface area contributed by atoms with E-state index in [-0.39, 0.29) is 17.8 Å². The Morgan fingerprint density at radius 1 is 1.47 bits per heavy atom. The average molecular weight is 240 g/mol. The lowest BCUT2D eigenvalue weighted by atomic mass is 10.1. The number of carbonyl (C=O) groups is 1. The van der Waals surface area contributed by atoms with E-state index in [2.05, 4.69) is 5.32 Å². The largest absolute Gasteiger partial charge is 0.382 e. The molecule has 2 atom stereocenters. The van der Waals surface area contributed by atoms with Crippen molar-refractivity contribution in [2.45, 2.75) is 19.0 Å². The Kier molecular flexibility index (Phi) is 5.06. The van der Waals surface area contributed by atoms with Gasteiger partial charge in [0.2, 0.25) is 5.91 Å². The molecule has 0 aliphatic carbocycles. The van der Waals surface area contributed by atoms with Gasteiger partial charge in [0, 0.05) is 7.11 Å². The lowest BCUT2D eigenvalue weighted by Gasteiger charge is -2.19. The summed E-state index contributed by atoms with van der Waals surface area (Å²) < 4.78 is 17.8. The highest BCUT2D eigenvalue weighted by molar-refractivity contribution is 5.81. The molecule has 0 bridgehead atoms. The molecule has 1 aromatic rings. The van der Waals surface area contributed by atoms with Gasteiger partial charge in [0.25, 0.3) is 0 Å². The Morgan fingerprint density at radius 2 is 2.06 bits per heavy atom. The summed E-state index contributed by atoms with van der Waals surface area (Å²) in [4.78, 5) is 11.5. The van der Waals surface area contributed by atoms with Crippen LogP contribution in [0, 0.1) is 5.82 Å². The highest BCUT2D eigenvalue weighted by Gasteiger charge is 2.16. The number of nitrogens with two attached hydrogens (primary N) is 1. The van der Waals surface area contributed by atoms with Crippen LogP contribution >= 0.6 is 0 Å². The van der Waals surface area contributed by atoms with E-state index < -0.39 is 6.04 Å². The highest BCUT2D eigenvalue weighted by atomic mass is 19.1. The Hall–Kier alpha value is -1.46. The SMILES string of the molecule is COCC(NC(=O)[C@@H](C)N)c1ccc(F)cc1. The maximum atomic E-state index is 12.8.